The van der Waals surface area contributed by atoms with E-state index in [0.29, 0.717) is 17.7 Å². The van der Waals surface area contributed by atoms with E-state index in [0.717, 1.165) is 6.42 Å². The van der Waals surface area contributed by atoms with Gasteiger partial charge in [-0.2, -0.15) is 30.3 Å². The molecule has 2 heterocycles. The minimum atomic E-state index is -1.17. The van der Waals surface area contributed by atoms with Crippen molar-refractivity contribution in [3.05, 3.63) is 71.8 Å². The van der Waals surface area contributed by atoms with Gasteiger partial charge in [-0.05, 0) is 24.1 Å². The molecular weight excluding hydrogens is 401 g/mol. The zero-order valence-electron chi connectivity index (χ0n) is 15.0. The zero-order chi connectivity index (χ0) is 19.3. The Balaban J connectivity index is 0.000000239. The summed E-state index contributed by atoms with van der Waals surface area (Å²) in [6.45, 7) is 0.776. The van der Waals surface area contributed by atoms with E-state index in [1.807, 2.05) is 6.07 Å². The molecule has 1 radical (unpaired) electrons. The zero-order valence-corrected chi connectivity index (χ0v) is 16.4. The van der Waals surface area contributed by atoms with E-state index in [2.05, 4.69) is 6.07 Å². The van der Waals surface area contributed by atoms with Gasteiger partial charge in [-0.3, -0.25) is 5.73 Å². The number of rotatable bonds is 3. The molecule has 2 aromatic rings. The molecule has 8 heteroatoms. The minimum Gasteiger partial charge on any atom is -0.479 e. The Kier molecular flexibility index (Phi) is 7.80. The number of carbonyl (C=O) groups is 2. The van der Waals surface area contributed by atoms with Gasteiger partial charge in [0.1, 0.15) is 12.7 Å². The molecule has 2 saturated heterocycles. The van der Waals surface area contributed by atoms with E-state index >= 15 is 0 Å². The van der Waals surface area contributed by atoms with Crippen LogP contribution in [0.3, 0.4) is 0 Å². The van der Waals surface area contributed by atoms with Gasteiger partial charge >= 0.3 is 11.9 Å². The third-order valence-electron chi connectivity index (χ3n) is 4.30. The van der Waals surface area contributed by atoms with Gasteiger partial charge in [0.25, 0.3) is 0 Å². The second kappa shape index (κ2) is 9.86. The number of nitrogens with two attached hydrogens (primary N) is 1. The first-order valence-electron chi connectivity index (χ1n) is 8.49. The maximum absolute atomic E-state index is 12.0. The average Bonchev–Trinajstić information content (AvgIpc) is 3.28. The molecule has 2 unspecified atom stereocenters. The van der Waals surface area contributed by atoms with Gasteiger partial charge in [0.05, 0.1) is 11.7 Å². The van der Waals surface area contributed by atoms with Crippen LogP contribution in [0.2, 0.25) is 0 Å². The van der Waals surface area contributed by atoms with Crippen molar-refractivity contribution >= 4 is 11.9 Å². The Labute approximate surface area is 174 Å². The van der Waals surface area contributed by atoms with Crippen LogP contribution in [-0.2, 0) is 32.8 Å². The molecular formula is C20H20NO6V-. The van der Waals surface area contributed by atoms with Crippen LogP contribution in [0, 0.1) is 6.07 Å². The Morgan fingerprint density at radius 2 is 1.79 bits per heavy atom. The summed E-state index contributed by atoms with van der Waals surface area (Å²) in [5.41, 5.74) is 5.69. The summed E-state index contributed by atoms with van der Waals surface area (Å²) in [6.07, 6.45) is 0.385. The van der Waals surface area contributed by atoms with Gasteiger partial charge in [-0.25, -0.2) is 9.59 Å². The number of esters is 1. The second-order valence-corrected chi connectivity index (χ2v) is 6.23. The number of carboxylic acid groups (broad SMARTS) is 1. The van der Waals surface area contributed by atoms with Crippen molar-refractivity contribution in [2.24, 2.45) is 5.73 Å². The van der Waals surface area contributed by atoms with Crippen molar-refractivity contribution in [2.75, 3.05) is 13.2 Å². The molecule has 0 aliphatic carbocycles. The van der Waals surface area contributed by atoms with Crippen LogP contribution >= 0.6 is 0 Å². The smallest absolute Gasteiger partial charge is 0.340 e. The van der Waals surface area contributed by atoms with Gasteiger partial charge in [0.2, 0.25) is 5.72 Å². The minimum absolute atomic E-state index is 0. The number of hydrogen-bond donors (Lipinski definition) is 2. The molecule has 2 aromatic carbocycles. The van der Waals surface area contributed by atoms with Crippen molar-refractivity contribution in [1.29, 1.82) is 0 Å². The van der Waals surface area contributed by atoms with Gasteiger partial charge < -0.3 is 19.3 Å². The topological polar surface area (TPSA) is 108 Å². The molecule has 0 spiro atoms. The number of aromatic carboxylic acids is 1. The van der Waals surface area contributed by atoms with E-state index in [9.17, 15) is 9.59 Å². The molecule has 0 bridgehead atoms. The molecule has 3 atom stereocenters. The molecule has 2 fully saturated rings. The van der Waals surface area contributed by atoms with E-state index < -0.39 is 17.7 Å². The summed E-state index contributed by atoms with van der Waals surface area (Å²) in [6, 6.07) is 17.6. The molecule has 7 nitrogen and oxygen atoms in total. The number of ether oxygens (including phenoxy) is 3. The van der Waals surface area contributed by atoms with E-state index in [1.165, 1.54) is 12.1 Å². The predicted molar refractivity (Wildman–Crippen MR) is 95.1 cm³/mol. The monoisotopic (exact) mass is 421 g/mol. The van der Waals surface area contributed by atoms with Crippen LogP contribution in [0.5, 0.6) is 0 Å². The molecule has 147 valence electrons. The van der Waals surface area contributed by atoms with Crippen LogP contribution < -0.4 is 5.73 Å². The fourth-order valence-corrected chi connectivity index (χ4v) is 2.94. The summed E-state index contributed by atoms with van der Waals surface area (Å²) in [7, 11) is 0. The molecule has 0 saturated carbocycles. The Morgan fingerprint density at radius 3 is 2.39 bits per heavy atom. The molecule has 2 aliphatic heterocycles. The van der Waals surface area contributed by atoms with E-state index in [4.69, 9.17) is 25.1 Å². The van der Waals surface area contributed by atoms with E-state index in [-0.39, 0.29) is 37.4 Å². The normalized spacial score (nSPS) is 24.9. The van der Waals surface area contributed by atoms with Crippen molar-refractivity contribution in [2.45, 2.75) is 24.4 Å². The SMILES string of the molecule is NC1(OC(=O)c2ccccc2)CO[C@@H]2CCOC21.O=C(O)c1cc[c-]cc1.[V]. The van der Waals surface area contributed by atoms with Crippen LogP contribution in [0.1, 0.15) is 27.1 Å². The van der Waals surface area contributed by atoms with Gasteiger partial charge in [0, 0.05) is 25.2 Å². The Morgan fingerprint density at radius 1 is 1.11 bits per heavy atom. The first kappa shape index (κ1) is 22.1. The number of carboxylic acids is 1. The van der Waals surface area contributed by atoms with Crippen LogP contribution in [-0.4, -0.2) is 48.2 Å². The first-order valence-corrected chi connectivity index (χ1v) is 8.49. The maximum Gasteiger partial charge on any atom is 0.340 e. The summed E-state index contributed by atoms with van der Waals surface area (Å²) >= 11 is 0. The number of fused-ring (bicyclic) bond motifs is 1. The number of benzene rings is 2. The van der Waals surface area contributed by atoms with Gasteiger partial charge in [-0.15, -0.1) is 0 Å². The molecule has 2 aliphatic rings. The molecule has 28 heavy (non-hydrogen) atoms. The second-order valence-electron chi connectivity index (χ2n) is 6.23. The van der Waals surface area contributed by atoms with Gasteiger partial charge in [0.15, 0.2) is 0 Å². The van der Waals surface area contributed by atoms with E-state index in [1.54, 1.807) is 36.4 Å². The number of carbonyl (C=O) groups excluding carboxylic acids is 1. The fourth-order valence-electron chi connectivity index (χ4n) is 2.94. The molecule has 3 N–H and O–H groups in total. The van der Waals surface area contributed by atoms with Crippen molar-refractivity contribution in [3.63, 3.8) is 0 Å². The summed E-state index contributed by atoms with van der Waals surface area (Å²) in [4.78, 5) is 22.2. The summed E-state index contributed by atoms with van der Waals surface area (Å²) in [5.74, 6) is -1.35. The molecule has 4 rings (SSSR count). The van der Waals surface area contributed by atoms with Crippen LogP contribution in [0.25, 0.3) is 0 Å². The fraction of sp³-hybridized carbons (Fsp3) is 0.300. The largest absolute Gasteiger partial charge is 0.479 e. The number of hydrogen-bond acceptors (Lipinski definition) is 6. The van der Waals surface area contributed by atoms with Crippen molar-refractivity contribution in [1.82, 2.24) is 0 Å². The standard InChI is InChI=1S/C13H15NO4.C7H5O2.V/c14-13(8-17-10-6-7-16-11(10)13)18-12(15)9-4-2-1-3-5-9;8-7(9)6-4-2-1-3-5-6;/h1-5,10-11H,6-8,14H2;2-5H,(H,8,9);/q;-1;/t10-,11?,13?;;/m1../s1. The van der Waals surface area contributed by atoms with Crippen molar-refractivity contribution < 1.29 is 47.5 Å². The summed E-state index contributed by atoms with van der Waals surface area (Å²) < 4.78 is 16.4. The third kappa shape index (κ3) is 5.22. The van der Waals surface area contributed by atoms with Crippen molar-refractivity contribution in [3.8, 4) is 0 Å². The van der Waals surface area contributed by atoms with Crippen LogP contribution in [0.4, 0.5) is 0 Å². The van der Waals surface area contributed by atoms with Crippen LogP contribution in [0.15, 0.2) is 54.6 Å². The maximum atomic E-state index is 12.0. The predicted octanol–water partition coefficient (Wildman–Crippen LogP) is 1.87. The molecule has 0 amide bonds. The quantitative estimate of drug-likeness (QED) is 0.443. The Hall–Kier alpha value is -2.16. The molecule has 0 aromatic heterocycles. The summed E-state index contributed by atoms with van der Waals surface area (Å²) in [5, 5.41) is 8.37. The average molecular weight is 421 g/mol. The van der Waals surface area contributed by atoms with Gasteiger partial charge in [-0.1, -0.05) is 18.2 Å². The Bertz CT molecular complexity index is 788. The third-order valence-corrected chi connectivity index (χ3v) is 4.30. The first-order chi connectivity index (χ1) is 13.0.